The lowest BCUT2D eigenvalue weighted by Gasteiger charge is -2.30. The van der Waals surface area contributed by atoms with E-state index in [1.54, 1.807) is 6.07 Å². The molecule has 0 unspecified atom stereocenters. The lowest BCUT2D eigenvalue weighted by Crippen LogP contribution is -2.39. The lowest BCUT2D eigenvalue weighted by molar-refractivity contribution is 0.138. The fourth-order valence-corrected chi connectivity index (χ4v) is 3.49. The van der Waals surface area contributed by atoms with Crippen LogP contribution >= 0.6 is 0 Å². The number of hydrogen-bond donors (Lipinski definition) is 1. The van der Waals surface area contributed by atoms with Crippen LogP contribution in [-0.4, -0.2) is 43.8 Å². The van der Waals surface area contributed by atoms with Crippen LogP contribution in [0.3, 0.4) is 0 Å². The number of ether oxygens (including phenoxy) is 1. The van der Waals surface area contributed by atoms with E-state index in [2.05, 4.69) is 0 Å². The maximum atomic E-state index is 13.1. The highest BCUT2D eigenvalue weighted by molar-refractivity contribution is 7.88. The van der Waals surface area contributed by atoms with Gasteiger partial charge < -0.3 is 9.84 Å². The number of piperidine rings is 1. The van der Waals surface area contributed by atoms with Crippen LogP contribution in [0.15, 0.2) is 18.2 Å². The standard InChI is InChI=1S/C15H21F2NO4S/c1-23(20,21)18-6-4-11(5-7-18)10-22-14-3-2-12(9-19)8-13(14)15(16)17/h2-3,8,11,15,19H,4-7,9-10H2,1H3. The highest BCUT2D eigenvalue weighted by Gasteiger charge is 2.25. The van der Waals surface area contributed by atoms with E-state index >= 15 is 0 Å². The third-order valence-corrected chi connectivity index (χ3v) is 5.31. The predicted octanol–water partition coefficient (Wildman–Crippen LogP) is 2.17. The van der Waals surface area contributed by atoms with Crippen LogP contribution in [0.4, 0.5) is 8.78 Å². The molecule has 1 saturated heterocycles. The van der Waals surface area contributed by atoms with Crippen LogP contribution in [0.2, 0.25) is 0 Å². The van der Waals surface area contributed by atoms with E-state index in [4.69, 9.17) is 9.84 Å². The molecular weight excluding hydrogens is 328 g/mol. The Balaban J connectivity index is 1.94. The summed E-state index contributed by atoms with van der Waals surface area (Å²) in [6.45, 7) is 0.829. The molecule has 0 spiro atoms. The Hall–Kier alpha value is -1.25. The van der Waals surface area contributed by atoms with Crippen molar-refractivity contribution in [1.29, 1.82) is 0 Å². The third kappa shape index (κ3) is 4.86. The van der Waals surface area contributed by atoms with Crippen molar-refractivity contribution in [2.24, 2.45) is 5.92 Å². The van der Waals surface area contributed by atoms with Gasteiger partial charge in [-0.15, -0.1) is 0 Å². The minimum absolute atomic E-state index is 0.114. The highest BCUT2D eigenvalue weighted by atomic mass is 32.2. The van der Waals surface area contributed by atoms with E-state index in [9.17, 15) is 17.2 Å². The van der Waals surface area contributed by atoms with Gasteiger partial charge in [-0.2, -0.15) is 0 Å². The summed E-state index contributed by atoms with van der Waals surface area (Å²) in [6, 6.07) is 4.23. The Morgan fingerprint density at radius 2 is 2.00 bits per heavy atom. The Morgan fingerprint density at radius 3 is 2.52 bits per heavy atom. The number of rotatable bonds is 6. The second-order valence-corrected chi connectivity index (χ2v) is 7.73. The topological polar surface area (TPSA) is 66.8 Å². The van der Waals surface area contributed by atoms with E-state index in [1.807, 2.05) is 0 Å². The van der Waals surface area contributed by atoms with Gasteiger partial charge >= 0.3 is 0 Å². The van der Waals surface area contributed by atoms with Gasteiger partial charge in [0.25, 0.3) is 6.43 Å². The molecule has 0 saturated carbocycles. The number of halogens is 2. The molecule has 0 atom stereocenters. The maximum Gasteiger partial charge on any atom is 0.267 e. The number of aliphatic hydroxyl groups is 1. The molecule has 1 aromatic carbocycles. The van der Waals surface area contributed by atoms with Gasteiger partial charge in [-0.3, -0.25) is 0 Å². The van der Waals surface area contributed by atoms with Crippen molar-refractivity contribution in [1.82, 2.24) is 4.31 Å². The number of alkyl halides is 2. The molecule has 0 amide bonds. The van der Waals surface area contributed by atoms with Crippen molar-refractivity contribution in [3.63, 3.8) is 0 Å². The van der Waals surface area contributed by atoms with Crippen LogP contribution in [0.25, 0.3) is 0 Å². The zero-order valence-electron chi connectivity index (χ0n) is 12.9. The van der Waals surface area contributed by atoms with Gasteiger partial charge in [-0.25, -0.2) is 21.5 Å². The van der Waals surface area contributed by atoms with Gasteiger partial charge in [0.2, 0.25) is 10.0 Å². The summed E-state index contributed by atoms with van der Waals surface area (Å²) in [4.78, 5) is 0. The highest BCUT2D eigenvalue weighted by Crippen LogP contribution is 2.31. The zero-order chi connectivity index (χ0) is 17.0. The van der Waals surface area contributed by atoms with E-state index in [0.29, 0.717) is 31.5 Å². The largest absolute Gasteiger partial charge is 0.493 e. The van der Waals surface area contributed by atoms with Crippen molar-refractivity contribution >= 4 is 10.0 Å². The normalized spacial score (nSPS) is 17.6. The molecule has 0 radical (unpaired) electrons. The fourth-order valence-electron chi connectivity index (χ4n) is 2.61. The fraction of sp³-hybridized carbons (Fsp3) is 0.600. The molecule has 0 bridgehead atoms. The van der Waals surface area contributed by atoms with Gasteiger partial charge in [-0.1, -0.05) is 6.07 Å². The van der Waals surface area contributed by atoms with E-state index in [-0.39, 0.29) is 30.4 Å². The van der Waals surface area contributed by atoms with Crippen molar-refractivity contribution in [2.45, 2.75) is 25.9 Å². The van der Waals surface area contributed by atoms with Gasteiger partial charge in [0.05, 0.1) is 25.0 Å². The number of aliphatic hydroxyl groups excluding tert-OH is 1. The maximum absolute atomic E-state index is 13.1. The Morgan fingerprint density at radius 1 is 1.35 bits per heavy atom. The lowest BCUT2D eigenvalue weighted by atomic mass is 9.99. The molecule has 8 heteroatoms. The van der Waals surface area contributed by atoms with Crippen molar-refractivity contribution in [2.75, 3.05) is 26.0 Å². The molecule has 2 rings (SSSR count). The summed E-state index contributed by atoms with van der Waals surface area (Å²) >= 11 is 0. The molecule has 130 valence electrons. The third-order valence-electron chi connectivity index (χ3n) is 4.01. The van der Waals surface area contributed by atoms with E-state index in [0.717, 1.165) is 0 Å². The van der Waals surface area contributed by atoms with Crippen LogP contribution in [0, 0.1) is 5.92 Å². The quantitative estimate of drug-likeness (QED) is 0.855. The number of benzene rings is 1. The van der Waals surface area contributed by atoms with Crippen molar-refractivity contribution < 1.29 is 27.0 Å². The summed E-state index contributed by atoms with van der Waals surface area (Å²) in [5.41, 5.74) is 0.180. The average Bonchev–Trinajstić information content (AvgIpc) is 2.52. The minimum atomic E-state index is -3.17. The molecule has 1 fully saturated rings. The Labute approximate surface area is 134 Å². The Bertz CT molecular complexity index is 628. The van der Waals surface area contributed by atoms with Crippen LogP contribution in [-0.2, 0) is 16.6 Å². The first kappa shape index (κ1) is 18.1. The SMILES string of the molecule is CS(=O)(=O)N1CCC(COc2ccc(CO)cc2C(F)F)CC1. The van der Waals surface area contributed by atoms with E-state index in [1.165, 1.54) is 22.7 Å². The van der Waals surface area contributed by atoms with Crippen molar-refractivity contribution in [3.8, 4) is 5.75 Å². The number of sulfonamides is 1. The van der Waals surface area contributed by atoms with Gasteiger partial charge in [0.1, 0.15) is 5.75 Å². The molecule has 1 aliphatic heterocycles. The second-order valence-electron chi connectivity index (χ2n) is 5.75. The number of nitrogens with zero attached hydrogens (tertiary/aromatic N) is 1. The monoisotopic (exact) mass is 349 g/mol. The molecule has 1 aromatic rings. The molecule has 1 aliphatic rings. The van der Waals surface area contributed by atoms with Gasteiger partial charge in [0.15, 0.2) is 0 Å². The molecule has 0 aromatic heterocycles. The summed E-state index contributed by atoms with van der Waals surface area (Å²) in [6.07, 6.45) is -0.206. The number of hydrogen-bond acceptors (Lipinski definition) is 4. The van der Waals surface area contributed by atoms with Crippen LogP contribution in [0.1, 0.15) is 30.4 Å². The molecule has 1 heterocycles. The second kappa shape index (κ2) is 7.55. The first-order valence-electron chi connectivity index (χ1n) is 7.41. The zero-order valence-corrected chi connectivity index (χ0v) is 13.7. The first-order valence-corrected chi connectivity index (χ1v) is 9.26. The van der Waals surface area contributed by atoms with E-state index < -0.39 is 16.4 Å². The average molecular weight is 349 g/mol. The van der Waals surface area contributed by atoms with Gasteiger partial charge in [-0.05, 0) is 36.5 Å². The van der Waals surface area contributed by atoms with Crippen LogP contribution < -0.4 is 4.74 Å². The molecule has 5 nitrogen and oxygen atoms in total. The molecule has 23 heavy (non-hydrogen) atoms. The minimum Gasteiger partial charge on any atom is -0.493 e. The Kier molecular flexibility index (Phi) is 5.94. The summed E-state index contributed by atoms with van der Waals surface area (Å²) in [5.74, 6) is 0.249. The smallest absolute Gasteiger partial charge is 0.267 e. The van der Waals surface area contributed by atoms with Gasteiger partial charge in [0, 0.05) is 13.1 Å². The predicted molar refractivity (Wildman–Crippen MR) is 82.0 cm³/mol. The first-order chi connectivity index (χ1) is 10.8. The van der Waals surface area contributed by atoms with Crippen LogP contribution in [0.5, 0.6) is 5.75 Å². The molecule has 1 N–H and O–H groups in total. The van der Waals surface area contributed by atoms with Crippen molar-refractivity contribution in [3.05, 3.63) is 29.3 Å². The molecular formula is C15H21F2NO4S. The molecule has 0 aliphatic carbocycles. The summed E-state index contributed by atoms with van der Waals surface area (Å²) in [5, 5.41) is 9.02. The summed E-state index contributed by atoms with van der Waals surface area (Å²) < 4.78 is 55.9. The summed E-state index contributed by atoms with van der Waals surface area (Å²) in [7, 11) is -3.17.